The summed E-state index contributed by atoms with van der Waals surface area (Å²) >= 11 is 2.98. The summed E-state index contributed by atoms with van der Waals surface area (Å²) in [6.45, 7) is 0. The molecule has 0 aliphatic carbocycles. The number of nitrogens with two attached hydrogens (primary N) is 1. The number of primary amides is 1. The Morgan fingerprint density at radius 2 is 2.11 bits per heavy atom. The molecule has 0 unspecified atom stereocenters. The summed E-state index contributed by atoms with van der Waals surface area (Å²) in [6.07, 6.45) is 1.61. The average molecular weight is 288 g/mol. The Morgan fingerprint density at radius 3 is 2.84 bits per heavy atom. The van der Waals surface area contributed by atoms with Crippen molar-refractivity contribution < 1.29 is 4.79 Å². The van der Waals surface area contributed by atoms with Crippen molar-refractivity contribution in [2.75, 3.05) is 0 Å². The molecular weight excluding hydrogens is 280 g/mol. The van der Waals surface area contributed by atoms with Gasteiger partial charge in [0, 0.05) is 17.0 Å². The lowest BCUT2D eigenvalue weighted by Crippen LogP contribution is -2.13. The van der Waals surface area contributed by atoms with Crippen LogP contribution < -0.4 is 5.73 Å². The third kappa shape index (κ3) is 2.25. The molecule has 0 saturated heterocycles. The van der Waals surface area contributed by atoms with Gasteiger partial charge in [-0.05, 0) is 12.1 Å². The standard InChI is InChI=1S/C12H8N4OS2/c13-11(17)7-2-1-3-14-10(7)8-5-19-12(16-8)9-4-18-6-15-9/h1-6H,(H2,13,17). The molecule has 0 radical (unpaired) electrons. The number of carbonyl (C=O) groups is 1. The van der Waals surface area contributed by atoms with Crippen molar-refractivity contribution in [3.8, 4) is 22.1 Å². The topological polar surface area (TPSA) is 81.8 Å². The predicted octanol–water partition coefficient (Wildman–Crippen LogP) is 2.43. The van der Waals surface area contributed by atoms with E-state index < -0.39 is 5.91 Å². The van der Waals surface area contributed by atoms with Gasteiger partial charge < -0.3 is 5.73 Å². The van der Waals surface area contributed by atoms with Gasteiger partial charge in [-0.15, -0.1) is 22.7 Å². The fourth-order valence-electron chi connectivity index (χ4n) is 1.63. The van der Waals surface area contributed by atoms with E-state index in [9.17, 15) is 4.79 Å². The molecule has 94 valence electrons. The lowest BCUT2D eigenvalue weighted by atomic mass is 10.1. The minimum absolute atomic E-state index is 0.373. The van der Waals surface area contributed by atoms with Crippen molar-refractivity contribution in [1.82, 2.24) is 15.0 Å². The molecular formula is C12H8N4OS2. The highest BCUT2D eigenvalue weighted by molar-refractivity contribution is 7.14. The second-order valence-electron chi connectivity index (χ2n) is 3.68. The first-order valence-electron chi connectivity index (χ1n) is 5.35. The Bertz CT molecular complexity index is 721. The van der Waals surface area contributed by atoms with Gasteiger partial charge in [0.25, 0.3) is 5.91 Å². The summed E-state index contributed by atoms with van der Waals surface area (Å²) < 4.78 is 0. The van der Waals surface area contributed by atoms with Crippen molar-refractivity contribution in [3.05, 3.63) is 40.2 Å². The molecule has 0 atom stereocenters. The summed E-state index contributed by atoms with van der Waals surface area (Å²) in [5, 5.41) is 4.58. The normalized spacial score (nSPS) is 10.5. The van der Waals surface area contributed by atoms with Crippen LogP contribution in [0.4, 0.5) is 0 Å². The van der Waals surface area contributed by atoms with Gasteiger partial charge in [-0.1, -0.05) is 0 Å². The van der Waals surface area contributed by atoms with E-state index >= 15 is 0 Å². The maximum atomic E-state index is 11.4. The van der Waals surface area contributed by atoms with Crippen LogP contribution in [0.15, 0.2) is 34.6 Å². The SMILES string of the molecule is NC(=O)c1cccnc1-c1csc(-c2cscn2)n1. The fourth-order valence-corrected chi connectivity index (χ4v) is 3.01. The number of amides is 1. The second-order valence-corrected chi connectivity index (χ2v) is 5.25. The van der Waals surface area contributed by atoms with Crippen molar-refractivity contribution in [2.24, 2.45) is 5.73 Å². The van der Waals surface area contributed by atoms with Crippen LogP contribution in [0.25, 0.3) is 22.1 Å². The molecule has 0 aromatic carbocycles. The van der Waals surface area contributed by atoms with E-state index in [2.05, 4.69) is 15.0 Å². The molecule has 3 aromatic rings. The van der Waals surface area contributed by atoms with Crippen LogP contribution in [0.1, 0.15) is 10.4 Å². The van der Waals surface area contributed by atoms with Crippen LogP contribution in [0, 0.1) is 0 Å². The molecule has 1 amide bonds. The fraction of sp³-hybridized carbons (Fsp3) is 0. The molecule has 2 N–H and O–H groups in total. The number of pyridine rings is 1. The van der Waals surface area contributed by atoms with Crippen molar-refractivity contribution in [3.63, 3.8) is 0 Å². The Morgan fingerprint density at radius 1 is 1.21 bits per heavy atom. The van der Waals surface area contributed by atoms with E-state index in [1.165, 1.54) is 22.7 Å². The number of rotatable bonds is 3. The van der Waals surface area contributed by atoms with Crippen LogP contribution >= 0.6 is 22.7 Å². The van der Waals surface area contributed by atoms with Gasteiger partial charge >= 0.3 is 0 Å². The summed E-state index contributed by atoms with van der Waals surface area (Å²) in [5.41, 5.74) is 9.45. The Hall–Kier alpha value is -2.12. The quantitative estimate of drug-likeness (QED) is 0.802. The summed E-state index contributed by atoms with van der Waals surface area (Å²) in [7, 11) is 0. The minimum atomic E-state index is -0.508. The monoisotopic (exact) mass is 288 g/mol. The Labute approximate surface area is 116 Å². The average Bonchev–Trinajstić information content (AvgIpc) is 3.09. The summed E-state index contributed by atoms with van der Waals surface area (Å²) in [5.74, 6) is -0.508. The first kappa shape index (κ1) is 11.9. The molecule has 0 spiro atoms. The van der Waals surface area contributed by atoms with E-state index in [1.807, 2.05) is 10.8 Å². The zero-order valence-electron chi connectivity index (χ0n) is 9.61. The highest BCUT2D eigenvalue weighted by Gasteiger charge is 2.14. The van der Waals surface area contributed by atoms with Gasteiger partial charge in [-0.2, -0.15) is 0 Å². The van der Waals surface area contributed by atoms with Gasteiger partial charge in [0.05, 0.1) is 11.1 Å². The maximum Gasteiger partial charge on any atom is 0.250 e. The number of carbonyl (C=O) groups excluding carboxylic acids is 1. The second kappa shape index (κ2) is 4.87. The predicted molar refractivity (Wildman–Crippen MR) is 75.0 cm³/mol. The number of hydrogen-bond donors (Lipinski definition) is 1. The zero-order valence-corrected chi connectivity index (χ0v) is 11.2. The number of hydrogen-bond acceptors (Lipinski definition) is 6. The van der Waals surface area contributed by atoms with Crippen LogP contribution in [-0.2, 0) is 0 Å². The van der Waals surface area contributed by atoms with E-state index in [0.29, 0.717) is 17.0 Å². The van der Waals surface area contributed by atoms with Gasteiger partial charge in [0.15, 0.2) is 0 Å². The molecule has 0 fully saturated rings. The van der Waals surface area contributed by atoms with E-state index in [-0.39, 0.29) is 0 Å². The largest absolute Gasteiger partial charge is 0.366 e. The van der Waals surface area contributed by atoms with E-state index in [0.717, 1.165) is 10.7 Å². The van der Waals surface area contributed by atoms with Crippen molar-refractivity contribution in [2.45, 2.75) is 0 Å². The third-order valence-electron chi connectivity index (χ3n) is 2.47. The molecule has 3 heterocycles. The van der Waals surface area contributed by atoms with Crippen LogP contribution in [0.2, 0.25) is 0 Å². The minimum Gasteiger partial charge on any atom is -0.366 e. The highest BCUT2D eigenvalue weighted by atomic mass is 32.1. The Balaban J connectivity index is 2.06. The number of aromatic nitrogens is 3. The van der Waals surface area contributed by atoms with Gasteiger partial charge in [-0.25, -0.2) is 9.97 Å². The molecule has 7 heteroatoms. The molecule has 3 rings (SSSR count). The highest BCUT2D eigenvalue weighted by Crippen LogP contribution is 2.29. The molecule has 0 bridgehead atoms. The number of nitrogens with zero attached hydrogens (tertiary/aromatic N) is 3. The molecule has 0 saturated carbocycles. The molecule has 0 aliphatic rings. The smallest absolute Gasteiger partial charge is 0.250 e. The molecule has 0 aliphatic heterocycles. The van der Waals surface area contributed by atoms with Crippen LogP contribution in [-0.4, -0.2) is 20.9 Å². The lowest BCUT2D eigenvalue weighted by molar-refractivity contribution is 0.100. The number of thiazole rings is 2. The summed E-state index contributed by atoms with van der Waals surface area (Å²) in [6, 6.07) is 3.32. The molecule has 3 aromatic heterocycles. The lowest BCUT2D eigenvalue weighted by Gasteiger charge is -2.01. The van der Waals surface area contributed by atoms with Gasteiger partial charge in [0.1, 0.15) is 22.1 Å². The van der Waals surface area contributed by atoms with Gasteiger partial charge in [0.2, 0.25) is 0 Å². The Kier molecular flexibility index (Phi) is 3.06. The first-order valence-corrected chi connectivity index (χ1v) is 7.17. The van der Waals surface area contributed by atoms with E-state index in [4.69, 9.17) is 5.73 Å². The molecule has 19 heavy (non-hydrogen) atoms. The zero-order chi connectivity index (χ0) is 13.2. The third-order valence-corrected chi connectivity index (χ3v) is 3.92. The van der Waals surface area contributed by atoms with E-state index in [1.54, 1.807) is 23.8 Å². The maximum absolute atomic E-state index is 11.4. The van der Waals surface area contributed by atoms with Crippen LogP contribution in [0.3, 0.4) is 0 Å². The van der Waals surface area contributed by atoms with Gasteiger partial charge in [-0.3, -0.25) is 9.78 Å². The van der Waals surface area contributed by atoms with Crippen LogP contribution in [0.5, 0.6) is 0 Å². The van der Waals surface area contributed by atoms with Crippen molar-refractivity contribution >= 4 is 28.6 Å². The van der Waals surface area contributed by atoms with Crippen molar-refractivity contribution in [1.29, 1.82) is 0 Å². The first-order chi connectivity index (χ1) is 9.25. The summed E-state index contributed by atoms with van der Waals surface area (Å²) in [4.78, 5) is 24.2. The molecule has 5 nitrogen and oxygen atoms in total.